The molecule has 0 atom stereocenters. The monoisotopic (exact) mass is 281 g/mol. The van der Waals surface area contributed by atoms with E-state index in [1.54, 1.807) is 30.5 Å². The molecule has 0 unspecified atom stereocenters. The van der Waals surface area contributed by atoms with Gasteiger partial charge in [0.25, 0.3) is 0 Å². The van der Waals surface area contributed by atoms with Crippen LogP contribution in [0, 0.1) is 0 Å². The molecule has 0 fully saturated rings. The molecule has 0 radical (unpaired) electrons. The predicted molar refractivity (Wildman–Crippen MR) is 72.7 cm³/mol. The fourth-order valence-electron chi connectivity index (χ4n) is 1.32. The molecule has 0 spiro atoms. The van der Waals surface area contributed by atoms with Crippen LogP contribution in [0.5, 0.6) is 0 Å². The smallest absolute Gasteiger partial charge is 0.248 e. The Kier molecular flexibility index (Phi) is 4.02. The average molecular weight is 282 g/mol. The largest absolute Gasteiger partial charge is 0.320 e. The highest BCUT2D eigenvalue weighted by molar-refractivity contribution is 6.42. The Bertz CT molecular complexity index is 579. The molecule has 6 heteroatoms. The van der Waals surface area contributed by atoms with E-state index in [1.807, 2.05) is 0 Å². The molecule has 2 aromatic rings. The van der Waals surface area contributed by atoms with Gasteiger partial charge in [0, 0.05) is 12.3 Å². The minimum absolute atomic E-state index is 0.271. The van der Waals surface area contributed by atoms with E-state index < -0.39 is 0 Å². The molecular formula is C12H9Cl2N3O. The summed E-state index contributed by atoms with van der Waals surface area (Å²) in [6, 6.07) is 5.23. The molecule has 1 aromatic carbocycles. The number of nitrogens with one attached hydrogen (secondary N) is 2. The van der Waals surface area contributed by atoms with Gasteiger partial charge >= 0.3 is 0 Å². The lowest BCUT2D eigenvalue weighted by atomic mass is 10.2. The van der Waals surface area contributed by atoms with E-state index in [2.05, 4.69) is 15.5 Å². The molecule has 0 saturated heterocycles. The van der Waals surface area contributed by atoms with Gasteiger partial charge in [-0.2, -0.15) is 5.10 Å². The Morgan fingerprint density at radius 2 is 2.22 bits per heavy atom. The topological polar surface area (TPSA) is 57.8 Å². The lowest BCUT2D eigenvalue weighted by Crippen LogP contribution is -2.06. The maximum atomic E-state index is 11.6. The van der Waals surface area contributed by atoms with Crippen molar-refractivity contribution in [1.29, 1.82) is 0 Å². The van der Waals surface area contributed by atoms with Crippen molar-refractivity contribution in [3.63, 3.8) is 0 Å². The highest BCUT2D eigenvalue weighted by atomic mass is 35.5. The van der Waals surface area contributed by atoms with Crippen LogP contribution < -0.4 is 5.32 Å². The Balaban J connectivity index is 2.06. The minimum Gasteiger partial charge on any atom is -0.320 e. The van der Waals surface area contributed by atoms with Gasteiger partial charge in [-0.1, -0.05) is 35.3 Å². The van der Waals surface area contributed by atoms with E-state index in [9.17, 15) is 4.79 Å². The number of aromatic nitrogens is 2. The second-order valence-corrected chi connectivity index (χ2v) is 4.24. The molecule has 0 aliphatic heterocycles. The first-order valence-corrected chi connectivity index (χ1v) is 5.84. The molecule has 0 saturated carbocycles. The molecule has 0 bridgehead atoms. The Hall–Kier alpha value is -1.78. The van der Waals surface area contributed by atoms with Gasteiger partial charge in [-0.25, -0.2) is 0 Å². The highest BCUT2D eigenvalue weighted by Crippen LogP contribution is 2.26. The van der Waals surface area contributed by atoms with Crippen LogP contribution in [0.15, 0.2) is 36.7 Å². The fourth-order valence-corrected chi connectivity index (χ4v) is 1.69. The molecule has 92 valence electrons. The van der Waals surface area contributed by atoms with Crippen molar-refractivity contribution in [2.45, 2.75) is 0 Å². The fraction of sp³-hybridized carbons (Fsp3) is 0. The van der Waals surface area contributed by atoms with Gasteiger partial charge in [0.15, 0.2) is 0 Å². The van der Waals surface area contributed by atoms with Crippen LogP contribution in [-0.4, -0.2) is 16.1 Å². The summed E-state index contributed by atoms with van der Waals surface area (Å²) in [5.74, 6) is -0.271. The number of H-pyrrole nitrogens is 1. The third-order valence-electron chi connectivity index (χ3n) is 2.16. The minimum atomic E-state index is -0.271. The molecule has 2 N–H and O–H groups in total. The van der Waals surface area contributed by atoms with E-state index in [0.29, 0.717) is 21.3 Å². The van der Waals surface area contributed by atoms with E-state index in [-0.39, 0.29) is 5.91 Å². The Morgan fingerprint density at radius 1 is 1.39 bits per heavy atom. The molecule has 0 aliphatic rings. The molecule has 1 heterocycles. The number of aromatic amines is 1. The molecule has 4 nitrogen and oxygen atoms in total. The summed E-state index contributed by atoms with van der Waals surface area (Å²) in [5, 5.41) is 9.82. The summed E-state index contributed by atoms with van der Waals surface area (Å²) in [7, 11) is 0. The first kappa shape index (κ1) is 12.7. The second kappa shape index (κ2) is 5.71. The molecule has 0 aliphatic carbocycles. The number of anilines is 1. The third-order valence-corrected chi connectivity index (χ3v) is 3.00. The van der Waals surface area contributed by atoms with E-state index in [4.69, 9.17) is 23.2 Å². The summed E-state index contributed by atoms with van der Waals surface area (Å²) in [4.78, 5) is 11.6. The summed E-state index contributed by atoms with van der Waals surface area (Å²) in [6.07, 6.45) is 6.07. The zero-order valence-corrected chi connectivity index (χ0v) is 10.7. The van der Waals surface area contributed by atoms with E-state index in [1.165, 1.54) is 12.3 Å². The lowest BCUT2D eigenvalue weighted by Gasteiger charge is -2.00. The van der Waals surface area contributed by atoms with Crippen molar-refractivity contribution in [1.82, 2.24) is 10.2 Å². The van der Waals surface area contributed by atoms with Gasteiger partial charge in [-0.3, -0.25) is 9.89 Å². The first-order valence-electron chi connectivity index (χ1n) is 5.08. The summed E-state index contributed by atoms with van der Waals surface area (Å²) in [5.41, 5.74) is 1.29. The van der Waals surface area contributed by atoms with Crippen molar-refractivity contribution in [2.75, 3.05) is 5.32 Å². The SMILES string of the molecule is O=C(/C=C/c1cccc(Cl)c1Cl)Nc1cn[nH]c1. The van der Waals surface area contributed by atoms with Crippen molar-refractivity contribution >= 4 is 40.9 Å². The van der Waals surface area contributed by atoms with Crippen LogP contribution in [0.25, 0.3) is 6.08 Å². The quantitative estimate of drug-likeness (QED) is 0.848. The third kappa shape index (κ3) is 3.12. The normalized spacial score (nSPS) is 10.8. The number of benzene rings is 1. The van der Waals surface area contributed by atoms with E-state index in [0.717, 1.165) is 0 Å². The van der Waals surface area contributed by atoms with Crippen molar-refractivity contribution < 1.29 is 4.79 Å². The number of rotatable bonds is 3. The summed E-state index contributed by atoms with van der Waals surface area (Å²) < 4.78 is 0. The van der Waals surface area contributed by atoms with Crippen molar-refractivity contribution in [3.8, 4) is 0 Å². The zero-order valence-electron chi connectivity index (χ0n) is 9.15. The first-order chi connectivity index (χ1) is 8.66. The number of carbonyl (C=O) groups excluding carboxylic acids is 1. The maximum absolute atomic E-state index is 11.6. The lowest BCUT2D eigenvalue weighted by molar-refractivity contribution is -0.111. The van der Waals surface area contributed by atoms with Crippen molar-refractivity contribution in [2.24, 2.45) is 0 Å². The summed E-state index contributed by atoms with van der Waals surface area (Å²) in [6.45, 7) is 0. The van der Waals surface area contributed by atoms with Gasteiger partial charge in [-0.15, -0.1) is 0 Å². The van der Waals surface area contributed by atoms with Crippen LogP contribution in [0.3, 0.4) is 0 Å². The van der Waals surface area contributed by atoms with Crippen LogP contribution in [0.1, 0.15) is 5.56 Å². The Morgan fingerprint density at radius 3 is 2.94 bits per heavy atom. The number of halogens is 2. The van der Waals surface area contributed by atoms with Crippen LogP contribution in [0.4, 0.5) is 5.69 Å². The molecule has 1 amide bonds. The maximum Gasteiger partial charge on any atom is 0.248 e. The molecule has 18 heavy (non-hydrogen) atoms. The zero-order chi connectivity index (χ0) is 13.0. The number of hydrogen-bond acceptors (Lipinski definition) is 2. The van der Waals surface area contributed by atoms with Crippen LogP contribution in [0.2, 0.25) is 10.0 Å². The van der Waals surface area contributed by atoms with Gasteiger partial charge in [0.2, 0.25) is 5.91 Å². The van der Waals surface area contributed by atoms with Crippen LogP contribution in [-0.2, 0) is 4.79 Å². The number of nitrogens with zero attached hydrogens (tertiary/aromatic N) is 1. The van der Waals surface area contributed by atoms with E-state index >= 15 is 0 Å². The number of amides is 1. The van der Waals surface area contributed by atoms with Gasteiger partial charge in [0.1, 0.15) is 0 Å². The number of hydrogen-bond donors (Lipinski definition) is 2. The predicted octanol–water partition coefficient (Wildman–Crippen LogP) is 3.37. The highest BCUT2D eigenvalue weighted by Gasteiger charge is 2.02. The van der Waals surface area contributed by atoms with Gasteiger partial charge in [-0.05, 0) is 17.7 Å². The van der Waals surface area contributed by atoms with Crippen LogP contribution >= 0.6 is 23.2 Å². The van der Waals surface area contributed by atoms with Gasteiger partial charge in [0.05, 0.1) is 21.9 Å². The second-order valence-electron chi connectivity index (χ2n) is 3.45. The molecule has 2 rings (SSSR count). The van der Waals surface area contributed by atoms with Gasteiger partial charge < -0.3 is 5.32 Å². The average Bonchev–Trinajstić information content (AvgIpc) is 2.84. The Labute approximate surface area is 114 Å². The number of carbonyl (C=O) groups is 1. The summed E-state index contributed by atoms with van der Waals surface area (Å²) >= 11 is 11.9. The van der Waals surface area contributed by atoms with Crippen molar-refractivity contribution in [3.05, 3.63) is 52.3 Å². The molecular weight excluding hydrogens is 273 g/mol. The standard InChI is InChI=1S/C12H9Cl2N3O/c13-10-3-1-2-8(12(10)14)4-5-11(18)17-9-6-15-16-7-9/h1-7H,(H,15,16)(H,17,18)/b5-4+. The molecule has 1 aromatic heterocycles.